The smallest absolute Gasteiger partial charge is 0.306 e. The minimum Gasteiger partial charge on any atom is -0.462 e. The number of amides is 1. The molecule has 0 saturated carbocycles. The van der Waals surface area contributed by atoms with Crippen molar-refractivity contribution in [3.63, 3.8) is 0 Å². The zero-order chi connectivity index (χ0) is 45.9. The fourth-order valence-electron chi connectivity index (χ4n) is 8.76. The first-order chi connectivity index (χ1) is 31.0. The number of allylic oxidation sites excluding steroid dienone is 4. The van der Waals surface area contributed by atoms with Gasteiger partial charge in [-0.2, -0.15) is 0 Å². The predicted molar refractivity (Wildman–Crippen MR) is 273 cm³/mol. The monoisotopic (exact) mass is 888 g/mol. The van der Waals surface area contributed by atoms with Crippen molar-refractivity contribution in [2.45, 2.75) is 322 Å². The van der Waals surface area contributed by atoms with E-state index in [0.29, 0.717) is 19.3 Å². The van der Waals surface area contributed by atoms with Crippen molar-refractivity contribution < 1.29 is 24.5 Å². The molecule has 0 radical (unpaired) electrons. The van der Waals surface area contributed by atoms with Gasteiger partial charge in [-0.05, 0) is 57.8 Å². The van der Waals surface area contributed by atoms with Crippen LogP contribution in [0.1, 0.15) is 303 Å². The van der Waals surface area contributed by atoms with Crippen molar-refractivity contribution in [1.82, 2.24) is 5.32 Å². The Bertz CT molecular complexity index is 997. The summed E-state index contributed by atoms with van der Waals surface area (Å²) in [6.07, 6.45) is 59.5. The van der Waals surface area contributed by atoms with Crippen LogP contribution in [0.15, 0.2) is 24.3 Å². The summed E-state index contributed by atoms with van der Waals surface area (Å²) in [5, 5.41) is 23.8. The lowest BCUT2D eigenvalue weighted by molar-refractivity contribution is -0.151. The van der Waals surface area contributed by atoms with E-state index >= 15 is 0 Å². The van der Waals surface area contributed by atoms with Gasteiger partial charge >= 0.3 is 5.97 Å². The van der Waals surface area contributed by atoms with E-state index in [9.17, 15) is 19.8 Å². The number of carbonyl (C=O) groups excluding carboxylic acids is 2. The number of nitrogens with one attached hydrogen (secondary N) is 1. The van der Waals surface area contributed by atoms with E-state index in [1.54, 1.807) is 0 Å². The van der Waals surface area contributed by atoms with Crippen molar-refractivity contribution in [3.8, 4) is 0 Å². The number of hydrogen-bond donors (Lipinski definition) is 3. The van der Waals surface area contributed by atoms with Gasteiger partial charge < -0.3 is 20.3 Å². The van der Waals surface area contributed by atoms with Crippen LogP contribution in [0.25, 0.3) is 0 Å². The fraction of sp³-hybridized carbons (Fsp3) is 0.895. The molecule has 0 spiro atoms. The Hall–Kier alpha value is -1.66. The van der Waals surface area contributed by atoms with Crippen molar-refractivity contribution in [2.24, 2.45) is 0 Å². The third-order valence-corrected chi connectivity index (χ3v) is 13.0. The lowest BCUT2D eigenvalue weighted by Crippen LogP contribution is -2.46. The van der Waals surface area contributed by atoms with Crippen LogP contribution in [-0.2, 0) is 14.3 Å². The summed E-state index contributed by atoms with van der Waals surface area (Å²) in [5.41, 5.74) is 0. The van der Waals surface area contributed by atoms with Gasteiger partial charge in [-0.1, -0.05) is 257 Å². The van der Waals surface area contributed by atoms with Gasteiger partial charge in [0.25, 0.3) is 0 Å². The molecule has 3 N–H and O–H groups in total. The van der Waals surface area contributed by atoms with Gasteiger partial charge in [0.1, 0.15) is 6.10 Å². The van der Waals surface area contributed by atoms with Gasteiger partial charge in [-0.15, -0.1) is 0 Å². The van der Waals surface area contributed by atoms with Crippen LogP contribution < -0.4 is 5.32 Å². The van der Waals surface area contributed by atoms with Gasteiger partial charge in [0.2, 0.25) is 5.91 Å². The lowest BCUT2D eigenvalue weighted by Gasteiger charge is -2.24. The Labute approximate surface area is 392 Å². The summed E-state index contributed by atoms with van der Waals surface area (Å²) in [6.45, 7) is 6.49. The molecule has 0 rings (SSSR count). The van der Waals surface area contributed by atoms with E-state index in [2.05, 4.69) is 50.4 Å². The molecule has 0 aliphatic rings. The number of rotatable bonds is 51. The number of esters is 1. The summed E-state index contributed by atoms with van der Waals surface area (Å²) < 4.78 is 5.96. The molecule has 3 unspecified atom stereocenters. The van der Waals surface area contributed by atoms with Crippen molar-refractivity contribution in [2.75, 3.05) is 6.61 Å². The molecule has 6 heteroatoms. The molecule has 3 atom stereocenters. The zero-order valence-corrected chi connectivity index (χ0v) is 42.5. The zero-order valence-electron chi connectivity index (χ0n) is 42.5. The molecule has 372 valence electrons. The second-order valence-corrected chi connectivity index (χ2v) is 19.3. The fourth-order valence-corrected chi connectivity index (χ4v) is 8.76. The van der Waals surface area contributed by atoms with E-state index in [-0.39, 0.29) is 24.9 Å². The predicted octanol–water partition coefficient (Wildman–Crippen LogP) is 17.1. The van der Waals surface area contributed by atoms with E-state index in [0.717, 1.165) is 64.2 Å². The largest absolute Gasteiger partial charge is 0.462 e. The van der Waals surface area contributed by atoms with Crippen LogP contribution in [0.4, 0.5) is 0 Å². The number of unbranched alkanes of at least 4 members (excludes halogenated alkanes) is 35. The van der Waals surface area contributed by atoms with Crippen LogP contribution in [0.3, 0.4) is 0 Å². The third-order valence-electron chi connectivity index (χ3n) is 13.0. The third kappa shape index (κ3) is 46.7. The number of carbonyl (C=O) groups is 2. The number of aliphatic hydroxyl groups is 2. The second-order valence-electron chi connectivity index (χ2n) is 19.3. The summed E-state index contributed by atoms with van der Waals surface area (Å²) >= 11 is 0. The summed E-state index contributed by atoms with van der Waals surface area (Å²) in [7, 11) is 0. The summed E-state index contributed by atoms with van der Waals surface area (Å²) in [4.78, 5) is 26.2. The van der Waals surface area contributed by atoms with Crippen LogP contribution in [0, 0.1) is 0 Å². The molecule has 6 nitrogen and oxygen atoms in total. The topological polar surface area (TPSA) is 95.9 Å². The number of aliphatic hydroxyl groups excluding tert-OH is 2. The van der Waals surface area contributed by atoms with E-state index in [1.807, 2.05) is 0 Å². The molecule has 0 fully saturated rings. The quantitative estimate of drug-likeness (QED) is 0.0321. The average Bonchev–Trinajstić information content (AvgIpc) is 3.28. The molecule has 0 heterocycles. The van der Waals surface area contributed by atoms with Crippen LogP contribution in [0.2, 0.25) is 0 Å². The van der Waals surface area contributed by atoms with Gasteiger partial charge in [0, 0.05) is 6.42 Å². The molecular weight excluding hydrogens is 779 g/mol. The standard InChI is InChI=1S/C57H109NO5/c1-4-7-10-13-16-19-22-25-27-28-30-31-33-36-39-42-45-48-53(63-57(62)50-47-44-41-38-35-32-29-26-23-20-17-14-11-8-5-2)51-56(61)58-54(52-59)55(60)49-46-43-40-37-34-24-21-18-15-12-9-6-3/h16,19,25,27,53-55,59-60H,4-15,17-18,20-24,26,28-52H2,1-3H3,(H,58,61)/b19-16-,27-25-. The first-order valence-corrected chi connectivity index (χ1v) is 28.1. The Morgan fingerprint density at radius 2 is 0.810 bits per heavy atom. The molecule has 63 heavy (non-hydrogen) atoms. The highest BCUT2D eigenvalue weighted by atomic mass is 16.5. The minimum atomic E-state index is -0.786. The van der Waals surface area contributed by atoms with E-state index < -0.39 is 18.2 Å². The van der Waals surface area contributed by atoms with E-state index in [4.69, 9.17) is 4.74 Å². The molecule has 0 aliphatic heterocycles. The molecule has 0 aromatic heterocycles. The first-order valence-electron chi connectivity index (χ1n) is 28.1. The molecular formula is C57H109NO5. The Balaban J connectivity index is 4.55. The highest BCUT2D eigenvalue weighted by molar-refractivity contribution is 5.77. The average molecular weight is 889 g/mol. The summed E-state index contributed by atoms with van der Waals surface area (Å²) in [6, 6.07) is -0.700. The normalized spacial score (nSPS) is 13.3. The number of hydrogen-bond acceptors (Lipinski definition) is 5. The minimum absolute atomic E-state index is 0.0780. The SMILES string of the molecule is CCCCC/C=C\C/C=C\CCCCCCCCCC(CC(=O)NC(CO)C(O)CCCCCCCCCCCCCC)OC(=O)CCCCCCCCCCCCCCCCC. The maximum Gasteiger partial charge on any atom is 0.306 e. The molecule has 0 bridgehead atoms. The van der Waals surface area contributed by atoms with Crippen molar-refractivity contribution >= 4 is 11.9 Å². The van der Waals surface area contributed by atoms with Crippen LogP contribution in [0.5, 0.6) is 0 Å². The highest BCUT2D eigenvalue weighted by Gasteiger charge is 2.24. The van der Waals surface area contributed by atoms with Crippen LogP contribution in [-0.4, -0.2) is 46.9 Å². The molecule has 0 aromatic rings. The Morgan fingerprint density at radius 1 is 0.460 bits per heavy atom. The van der Waals surface area contributed by atoms with Gasteiger partial charge in [0.05, 0.1) is 25.2 Å². The lowest BCUT2D eigenvalue weighted by atomic mass is 10.0. The second kappa shape index (κ2) is 51.3. The molecule has 0 aromatic carbocycles. The molecule has 0 saturated heterocycles. The Kier molecular flexibility index (Phi) is 50.0. The first kappa shape index (κ1) is 61.3. The molecule has 1 amide bonds. The number of ether oxygens (including phenoxy) is 1. The van der Waals surface area contributed by atoms with Gasteiger partial charge in [0.15, 0.2) is 0 Å². The van der Waals surface area contributed by atoms with Crippen molar-refractivity contribution in [3.05, 3.63) is 24.3 Å². The maximum atomic E-state index is 13.2. The van der Waals surface area contributed by atoms with Gasteiger partial charge in [-0.25, -0.2) is 0 Å². The van der Waals surface area contributed by atoms with E-state index in [1.165, 1.54) is 193 Å². The van der Waals surface area contributed by atoms with Gasteiger partial charge in [-0.3, -0.25) is 9.59 Å². The highest BCUT2D eigenvalue weighted by Crippen LogP contribution is 2.19. The van der Waals surface area contributed by atoms with Crippen LogP contribution >= 0.6 is 0 Å². The summed E-state index contributed by atoms with van der Waals surface area (Å²) in [5.74, 6) is -0.463. The van der Waals surface area contributed by atoms with Crippen molar-refractivity contribution in [1.29, 1.82) is 0 Å². The molecule has 0 aliphatic carbocycles. The Morgan fingerprint density at radius 3 is 1.24 bits per heavy atom. The maximum absolute atomic E-state index is 13.2.